The lowest BCUT2D eigenvalue weighted by Crippen LogP contribution is -2.41. The van der Waals surface area contributed by atoms with Crippen LogP contribution in [0.4, 0.5) is 5.69 Å². The van der Waals surface area contributed by atoms with Crippen molar-refractivity contribution in [3.63, 3.8) is 0 Å². The minimum absolute atomic E-state index is 0.168. The molecule has 4 N–H and O–H groups in total. The maximum Gasteiger partial charge on any atom is 0.229 e. The van der Waals surface area contributed by atoms with Crippen molar-refractivity contribution in [2.45, 2.75) is 31.6 Å². The van der Waals surface area contributed by atoms with Crippen LogP contribution in [0.1, 0.15) is 19.4 Å². The predicted molar refractivity (Wildman–Crippen MR) is 92.4 cm³/mol. The van der Waals surface area contributed by atoms with Crippen LogP contribution < -0.4 is 10.6 Å². The van der Waals surface area contributed by atoms with Crippen LogP contribution in [-0.4, -0.2) is 56.5 Å². The van der Waals surface area contributed by atoms with Crippen LogP contribution in [0.25, 0.3) is 11.2 Å². The molecule has 0 spiro atoms. The van der Waals surface area contributed by atoms with Gasteiger partial charge in [-0.05, 0) is 13.3 Å². The van der Waals surface area contributed by atoms with Gasteiger partial charge in [-0.15, -0.1) is 0 Å². The Morgan fingerprint density at radius 3 is 2.96 bits per heavy atom. The van der Waals surface area contributed by atoms with Crippen molar-refractivity contribution < 1.29 is 15.0 Å². The van der Waals surface area contributed by atoms with Crippen molar-refractivity contribution in [3.05, 3.63) is 17.5 Å². The third-order valence-corrected chi connectivity index (χ3v) is 5.70. The number of aromatic nitrogens is 3. The number of anilines is 1. The number of aliphatic hydroxyl groups is 2. The van der Waals surface area contributed by atoms with E-state index in [9.17, 15) is 15.0 Å². The van der Waals surface area contributed by atoms with E-state index in [1.807, 2.05) is 6.92 Å². The number of aliphatic hydroxyl groups excluding tert-OH is 2. The highest BCUT2D eigenvalue weighted by atomic mass is 35.5. The molecule has 0 radical (unpaired) electrons. The summed E-state index contributed by atoms with van der Waals surface area (Å²) in [5.41, 5.74) is 1.00. The molecule has 25 heavy (non-hydrogen) atoms. The first-order valence-electron chi connectivity index (χ1n) is 8.31. The molecule has 2 fully saturated rings. The number of nitrogens with one attached hydrogen (secondary N) is 2. The van der Waals surface area contributed by atoms with Gasteiger partial charge in [-0.3, -0.25) is 4.79 Å². The molecule has 5 atom stereocenters. The Morgan fingerprint density at radius 1 is 1.52 bits per heavy atom. The zero-order chi connectivity index (χ0) is 17.9. The van der Waals surface area contributed by atoms with Gasteiger partial charge >= 0.3 is 0 Å². The van der Waals surface area contributed by atoms with Gasteiger partial charge in [0.15, 0.2) is 5.65 Å². The highest BCUT2D eigenvalue weighted by Crippen LogP contribution is 2.67. The lowest BCUT2D eigenvalue weighted by molar-refractivity contribution is -0.132. The Labute approximate surface area is 149 Å². The second kappa shape index (κ2) is 5.55. The van der Waals surface area contributed by atoms with Crippen molar-refractivity contribution in [1.29, 1.82) is 0 Å². The molecule has 8 nitrogen and oxygen atoms in total. The Hall–Kier alpha value is -1.90. The van der Waals surface area contributed by atoms with E-state index < -0.39 is 23.7 Å². The van der Waals surface area contributed by atoms with Crippen LogP contribution in [0.15, 0.2) is 12.4 Å². The molecule has 2 aromatic heterocycles. The number of rotatable bonds is 4. The van der Waals surface area contributed by atoms with Gasteiger partial charge < -0.3 is 25.4 Å². The summed E-state index contributed by atoms with van der Waals surface area (Å²) < 4.78 is 1.73. The maximum absolute atomic E-state index is 12.3. The van der Waals surface area contributed by atoms with E-state index in [0.29, 0.717) is 29.3 Å². The molecule has 2 aliphatic rings. The summed E-state index contributed by atoms with van der Waals surface area (Å²) >= 11 is 6.14. The van der Waals surface area contributed by atoms with Gasteiger partial charge in [0.2, 0.25) is 5.91 Å². The topological polar surface area (TPSA) is 112 Å². The predicted octanol–water partition coefficient (Wildman–Crippen LogP) is 0.545. The standard InChI is InChI=1S/C16H20ClN5O3/c1-3-19-8-4-9(17)21-14-10(8)20-6-22(14)11-7-5-16(7,15(25)18-2)13(24)12(11)23/h4,6-7,11-13,23-24H,3,5H2,1-2H3,(H,18,25)(H,19,21)/t7-,11-,12+,13+,16+/m1/s1. The van der Waals surface area contributed by atoms with Crippen LogP contribution in [0.2, 0.25) is 5.15 Å². The normalized spacial score (nSPS) is 33.3. The smallest absolute Gasteiger partial charge is 0.229 e. The number of carbonyl (C=O) groups excluding carboxylic acids is 1. The minimum atomic E-state index is -1.12. The first kappa shape index (κ1) is 16.6. The molecule has 134 valence electrons. The number of hydrogen-bond acceptors (Lipinski definition) is 6. The summed E-state index contributed by atoms with van der Waals surface area (Å²) in [6, 6.07) is 1.23. The second-order valence-corrected chi connectivity index (χ2v) is 7.09. The van der Waals surface area contributed by atoms with Crippen LogP contribution in [0.3, 0.4) is 0 Å². The Morgan fingerprint density at radius 2 is 2.28 bits per heavy atom. The fourth-order valence-electron chi connectivity index (χ4n) is 4.31. The minimum Gasteiger partial charge on any atom is -0.389 e. The Kier molecular flexibility index (Phi) is 3.68. The third-order valence-electron chi connectivity index (χ3n) is 5.51. The maximum atomic E-state index is 12.3. The molecular formula is C16H20ClN5O3. The average molecular weight is 366 g/mol. The van der Waals surface area contributed by atoms with E-state index in [1.165, 1.54) is 7.05 Å². The molecule has 2 saturated carbocycles. The zero-order valence-electron chi connectivity index (χ0n) is 13.9. The molecule has 0 saturated heterocycles. The van der Waals surface area contributed by atoms with E-state index in [-0.39, 0.29) is 11.8 Å². The van der Waals surface area contributed by atoms with Crippen LogP contribution in [0, 0.1) is 11.3 Å². The van der Waals surface area contributed by atoms with E-state index in [0.717, 1.165) is 5.69 Å². The van der Waals surface area contributed by atoms with Gasteiger partial charge in [-0.1, -0.05) is 11.6 Å². The van der Waals surface area contributed by atoms with Crippen molar-refractivity contribution >= 4 is 34.4 Å². The fraction of sp³-hybridized carbons (Fsp3) is 0.562. The largest absolute Gasteiger partial charge is 0.389 e. The van der Waals surface area contributed by atoms with Crippen molar-refractivity contribution in [2.24, 2.45) is 11.3 Å². The number of pyridine rings is 1. The van der Waals surface area contributed by atoms with E-state index in [1.54, 1.807) is 17.0 Å². The Balaban J connectivity index is 1.80. The fourth-order valence-corrected chi connectivity index (χ4v) is 4.50. The van der Waals surface area contributed by atoms with Gasteiger partial charge in [0, 0.05) is 25.6 Å². The molecule has 0 unspecified atom stereocenters. The lowest BCUT2D eigenvalue weighted by atomic mass is 9.98. The molecular weight excluding hydrogens is 346 g/mol. The van der Waals surface area contributed by atoms with Crippen molar-refractivity contribution in [2.75, 3.05) is 18.9 Å². The number of amides is 1. The lowest BCUT2D eigenvalue weighted by Gasteiger charge is -2.23. The molecule has 9 heteroatoms. The molecule has 2 heterocycles. The first-order chi connectivity index (χ1) is 12.0. The summed E-state index contributed by atoms with van der Waals surface area (Å²) in [5, 5.41) is 27.2. The molecule has 1 amide bonds. The molecule has 0 bridgehead atoms. The van der Waals surface area contributed by atoms with Crippen LogP contribution >= 0.6 is 11.6 Å². The number of carbonyl (C=O) groups is 1. The number of hydrogen-bond donors (Lipinski definition) is 4. The van der Waals surface area contributed by atoms with E-state index in [2.05, 4.69) is 20.6 Å². The van der Waals surface area contributed by atoms with Crippen molar-refractivity contribution in [1.82, 2.24) is 19.9 Å². The Bertz CT molecular complexity index is 856. The molecule has 2 aromatic rings. The molecule has 0 aliphatic heterocycles. The van der Waals surface area contributed by atoms with E-state index in [4.69, 9.17) is 11.6 Å². The summed E-state index contributed by atoms with van der Waals surface area (Å²) in [5.74, 6) is -0.409. The highest BCUT2D eigenvalue weighted by molar-refractivity contribution is 6.30. The third kappa shape index (κ3) is 2.11. The van der Waals surface area contributed by atoms with E-state index >= 15 is 0 Å². The number of imidazole rings is 1. The van der Waals surface area contributed by atoms with Crippen molar-refractivity contribution in [3.8, 4) is 0 Å². The number of fused-ring (bicyclic) bond motifs is 2. The molecule has 0 aromatic carbocycles. The van der Waals surface area contributed by atoms with Gasteiger partial charge in [0.05, 0.1) is 29.6 Å². The van der Waals surface area contributed by atoms with Crippen LogP contribution in [-0.2, 0) is 4.79 Å². The van der Waals surface area contributed by atoms with Crippen LogP contribution in [0.5, 0.6) is 0 Å². The zero-order valence-corrected chi connectivity index (χ0v) is 14.7. The average Bonchev–Trinajstić information content (AvgIpc) is 3.13. The van der Waals surface area contributed by atoms with Gasteiger partial charge in [0.25, 0.3) is 0 Å². The van der Waals surface area contributed by atoms with Gasteiger partial charge in [-0.2, -0.15) is 0 Å². The summed E-state index contributed by atoms with van der Waals surface area (Å²) in [7, 11) is 1.54. The summed E-state index contributed by atoms with van der Waals surface area (Å²) in [4.78, 5) is 21.0. The SMILES string of the molecule is CCNc1cc(Cl)nc2c1ncn2[C@H]1[C@H](O)[C@H](O)[C@]2(C(=O)NC)C[C@H]12. The first-order valence-corrected chi connectivity index (χ1v) is 8.68. The summed E-state index contributed by atoms with van der Waals surface area (Å²) in [6.07, 6.45) is -0.0760. The quantitative estimate of drug-likeness (QED) is 0.588. The second-order valence-electron chi connectivity index (χ2n) is 6.70. The molecule has 2 aliphatic carbocycles. The van der Waals surface area contributed by atoms with Gasteiger partial charge in [0.1, 0.15) is 16.8 Å². The monoisotopic (exact) mass is 365 g/mol. The molecule has 4 rings (SSSR count). The highest BCUT2D eigenvalue weighted by Gasteiger charge is 2.75. The number of nitrogens with zero attached hydrogens (tertiary/aromatic N) is 3. The van der Waals surface area contributed by atoms with Gasteiger partial charge in [-0.25, -0.2) is 9.97 Å². The number of halogens is 1. The summed E-state index contributed by atoms with van der Waals surface area (Å²) in [6.45, 7) is 2.67.